The highest BCUT2D eigenvalue weighted by Gasteiger charge is 2.28. The fourth-order valence-electron chi connectivity index (χ4n) is 1.33. The number of carbonyl (C=O) groups excluding carboxylic acids is 1. The maximum atomic E-state index is 11.2. The summed E-state index contributed by atoms with van der Waals surface area (Å²) in [6.07, 6.45) is 3.49. The molecule has 1 amide bonds. The Kier molecular flexibility index (Phi) is 5.63. The van der Waals surface area contributed by atoms with E-state index in [0.717, 1.165) is 32.4 Å². The van der Waals surface area contributed by atoms with Gasteiger partial charge in [-0.25, -0.2) is 0 Å². The molecule has 0 radical (unpaired) electrons. The molecular formula is C10H20N4O2. The van der Waals surface area contributed by atoms with Crippen LogP contribution in [0.4, 0.5) is 0 Å². The van der Waals surface area contributed by atoms with Crippen molar-refractivity contribution in [1.29, 1.82) is 0 Å². The largest absolute Gasteiger partial charge is 0.409 e. The summed E-state index contributed by atoms with van der Waals surface area (Å²) in [6.45, 7) is 2.23. The number of nitrogens with zero attached hydrogens (tertiary/aromatic N) is 1. The van der Waals surface area contributed by atoms with Crippen molar-refractivity contribution in [3.8, 4) is 0 Å². The second kappa shape index (κ2) is 7.05. The van der Waals surface area contributed by atoms with E-state index in [2.05, 4.69) is 15.8 Å². The summed E-state index contributed by atoms with van der Waals surface area (Å²) < 4.78 is 0. The fraction of sp³-hybridized carbons (Fsp3) is 0.800. The van der Waals surface area contributed by atoms with Crippen LogP contribution >= 0.6 is 0 Å². The average Bonchev–Trinajstić information content (AvgIpc) is 3.10. The summed E-state index contributed by atoms with van der Waals surface area (Å²) in [4.78, 5) is 11.2. The number of oxime groups is 1. The van der Waals surface area contributed by atoms with Crippen LogP contribution in [0.15, 0.2) is 5.16 Å². The third kappa shape index (κ3) is 5.55. The molecule has 1 saturated carbocycles. The normalized spacial score (nSPS) is 16.1. The molecule has 0 spiro atoms. The van der Waals surface area contributed by atoms with Crippen molar-refractivity contribution >= 4 is 11.7 Å². The van der Waals surface area contributed by atoms with E-state index in [1.165, 1.54) is 0 Å². The molecule has 1 rings (SSSR count). The van der Waals surface area contributed by atoms with Crippen LogP contribution in [0.2, 0.25) is 0 Å². The monoisotopic (exact) mass is 228 g/mol. The van der Waals surface area contributed by atoms with Crippen LogP contribution in [0.1, 0.15) is 25.7 Å². The summed E-state index contributed by atoms with van der Waals surface area (Å²) >= 11 is 0. The van der Waals surface area contributed by atoms with Gasteiger partial charge in [-0.05, 0) is 25.8 Å². The van der Waals surface area contributed by atoms with Gasteiger partial charge in [-0.3, -0.25) is 4.79 Å². The minimum Gasteiger partial charge on any atom is -0.409 e. The van der Waals surface area contributed by atoms with E-state index < -0.39 is 0 Å². The maximum absolute atomic E-state index is 11.2. The molecule has 16 heavy (non-hydrogen) atoms. The lowest BCUT2D eigenvalue weighted by molar-refractivity contribution is -0.122. The van der Waals surface area contributed by atoms with Gasteiger partial charge < -0.3 is 21.6 Å². The highest BCUT2D eigenvalue weighted by atomic mass is 16.4. The lowest BCUT2D eigenvalue weighted by Crippen LogP contribution is -2.33. The zero-order chi connectivity index (χ0) is 11.8. The molecule has 1 aliphatic carbocycles. The first-order valence-corrected chi connectivity index (χ1v) is 5.69. The Balaban J connectivity index is 1.82. The van der Waals surface area contributed by atoms with Crippen LogP contribution in [-0.4, -0.2) is 36.6 Å². The number of amidine groups is 1. The van der Waals surface area contributed by atoms with Gasteiger partial charge in [0.2, 0.25) is 5.91 Å². The quantitative estimate of drug-likeness (QED) is 0.150. The average molecular weight is 228 g/mol. The number of nitrogens with two attached hydrogens (primary N) is 1. The predicted octanol–water partition coefficient (Wildman–Crippen LogP) is -0.371. The summed E-state index contributed by atoms with van der Waals surface area (Å²) in [5.74, 6) is 0.711. The van der Waals surface area contributed by atoms with Gasteiger partial charge in [-0.15, -0.1) is 0 Å². The van der Waals surface area contributed by atoms with Gasteiger partial charge >= 0.3 is 0 Å². The van der Waals surface area contributed by atoms with Crippen molar-refractivity contribution < 1.29 is 10.0 Å². The molecule has 5 N–H and O–H groups in total. The van der Waals surface area contributed by atoms with Crippen LogP contribution in [0.3, 0.4) is 0 Å². The summed E-state index contributed by atoms with van der Waals surface area (Å²) in [5, 5.41) is 17.2. The smallest absolute Gasteiger partial charge is 0.223 e. The number of carbonyl (C=O) groups is 1. The molecule has 0 aliphatic heterocycles. The first-order valence-electron chi connectivity index (χ1n) is 5.69. The van der Waals surface area contributed by atoms with Gasteiger partial charge in [0.15, 0.2) is 0 Å². The highest BCUT2D eigenvalue weighted by Crippen LogP contribution is 2.28. The zero-order valence-electron chi connectivity index (χ0n) is 9.41. The van der Waals surface area contributed by atoms with Crippen molar-refractivity contribution in [2.24, 2.45) is 16.8 Å². The molecule has 0 unspecified atom stereocenters. The van der Waals surface area contributed by atoms with E-state index in [4.69, 9.17) is 10.9 Å². The molecule has 1 aliphatic rings. The summed E-state index contributed by atoms with van der Waals surface area (Å²) in [7, 11) is 0. The van der Waals surface area contributed by atoms with Crippen molar-refractivity contribution in [2.75, 3.05) is 19.6 Å². The van der Waals surface area contributed by atoms with Crippen LogP contribution in [-0.2, 0) is 4.79 Å². The SMILES string of the molecule is NC(CCCNCCNC(=O)C1CC1)=NO. The Bertz CT molecular complexity index is 251. The third-order valence-electron chi connectivity index (χ3n) is 2.46. The molecule has 0 aromatic heterocycles. The first-order chi connectivity index (χ1) is 7.74. The Morgan fingerprint density at radius 3 is 2.75 bits per heavy atom. The van der Waals surface area contributed by atoms with Gasteiger partial charge in [0, 0.05) is 25.4 Å². The van der Waals surface area contributed by atoms with Crippen molar-refractivity contribution in [1.82, 2.24) is 10.6 Å². The molecular weight excluding hydrogens is 208 g/mol. The van der Waals surface area contributed by atoms with Gasteiger partial charge in [0.25, 0.3) is 0 Å². The number of rotatable bonds is 8. The van der Waals surface area contributed by atoms with E-state index in [1.807, 2.05) is 0 Å². The Hall–Kier alpha value is -1.30. The molecule has 92 valence electrons. The number of amides is 1. The van der Waals surface area contributed by atoms with Crippen LogP contribution in [0, 0.1) is 5.92 Å². The van der Waals surface area contributed by atoms with Gasteiger partial charge in [-0.2, -0.15) is 0 Å². The van der Waals surface area contributed by atoms with Gasteiger partial charge in [-0.1, -0.05) is 5.16 Å². The third-order valence-corrected chi connectivity index (χ3v) is 2.46. The lowest BCUT2D eigenvalue weighted by atomic mass is 10.3. The molecule has 0 atom stereocenters. The van der Waals surface area contributed by atoms with Gasteiger partial charge in [0.1, 0.15) is 5.84 Å². The maximum Gasteiger partial charge on any atom is 0.223 e. The number of nitrogens with one attached hydrogen (secondary N) is 2. The van der Waals surface area contributed by atoms with E-state index in [1.54, 1.807) is 0 Å². The topological polar surface area (TPSA) is 99.7 Å². The second-order valence-electron chi connectivity index (χ2n) is 4.01. The lowest BCUT2D eigenvalue weighted by Gasteiger charge is -2.05. The Morgan fingerprint density at radius 2 is 2.12 bits per heavy atom. The Labute approximate surface area is 95.3 Å². The standard InChI is InChI=1S/C10H20N4O2/c11-9(14-16)2-1-5-12-6-7-13-10(15)8-3-4-8/h8,12,16H,1-7H2,(H2,11,14)(H,13,15). The van der Waals surface area contributed by atoms with Gasteiger partial charge in [0.05, 0.1) is 0 Å². The zero-order valence-corrected chi connectivity index (χ0v) is 9.41. The van der Waals surface area contributed by atoms with E-state index in [0.29, 0.717) is 13.0 Å². The van der Waals surface area contributed by atoms with Crippen LogP contribution in [0.25, 0.3) is 0 Å². The number of hydrogen-bond donors (Lipinski definition) is 4. The molecule has 1 fully saturated rings. The predicted molar refractivity (Wildman–Crippen MR) is 61.2 cm³/mol. The minimum atomic E-state index is 0.179. The highest BCUT2D eigenvalue weighted by molar-refractivity contribution is 5.80. The number of hydrogen-bond acceptors (Lipinski definition) is 4. The summed E-state index contributed by atoms with van der Waals surface area (Å²) in [5.41, 5.74) is 5.31. The second-order valence-corrected chi connectivity index (χ2v) is 4.01. The van der Waals surface area contributed by atoms with E-state index in [9.17, 15) is 4.79 Å². The summed E-state index contributed by atoms with van der Waals surface area (Å²) in [6, 6.07) is 0. The molecule has 0 aromatic rings. The molecule has 6 nitrogen and oxygen atoms in total. The Morgan fingerprint density at radius 1 is 1.38 bits per heavy atom. The van der Waals surface area contributed by atoms with E-state index >= 15 is 0 Å². The molecule has 6 heteroatoms. The van der Waals surface area contributed by atoms with Crippen molar-refractivity contribution in [2.45, 2.75) is 25.7 Å². The molecule has 0 aromatic carbocycles. The molecule has 0 bridgehead atoms. The molecule has 0 heterocycles. The van der Waals surface area contributed by atoms with Crippen LogP contribution in [0.5, 0.6) is 0 Å². The fourth-order valence-corrected chi connectivity index (χ4v) is 1.33. The van der Waals surface area contributed by atoms with Crippen LogP contribution < -0.4 is 16.4 Å². The van der Waals surface area contributed by atoms with E-state index in [-0.39, 0.29) is 17.7 Å². The van der Waals surface area contributed by atoms with Crippen molar-refractivity contribution in [3.63, 3.8) is 0 Å². The molecule has 0 saturated heterocycles. The van der Waals surface area contributed by atoms with Crippen molar-refractivity contribution in [3.05, 3.63) is 0 Å². The first kappa shape index (κ1) is 12.8. The minimum absolute atomic E-state index is 0.179.